The second-order valence-electron chi connectivity index (χ2n) is 3.92. The molecule has 1 heterocycles. The maximum atomic E-state index is 11.7. The van der Waals surface area contributed by atoms with Crippen LogP contribution in [0.2, 0.25) is 0 Å². The molecule has 0 radical (unpaired) electrons. The van der Waals surface area contributed by atoms with Gasteiger partial charge >= 0.3 is 0 Å². The van der Waals surface area contributed by atoms with Gasteiger partial charge < -0.3 is 15.4 Å². The van der Waals surface area contributed by atoms with Gasteiger partial charge in [0.05, 0.1) is 7.11 Å². The van der Waals surface area contributed by atoms with E-state index >= 15 is 0 Å². The van der Waals surface area contributed by atoms with E-state index in [0.29, 0.717) is 0 Å². The summed E-state index contributed by atoms with van der Waals surface area (Å²) in [6.07, 6.45) is 4.88. The van der Waals surface area contributed by atoms with Crippen molar-refractivity contribution in [2.45, 2.75) is 0 Å². The van der Waals surface area contributed by atoms with Crippen molar-refractivity contribution in [2.24, 2.45) is 0 Å². The minimum Gasteiger partial charge on any atom is -0.497 e. The third-order valence-corrected chi connectivity index (χ3v) is 2.58. The van der Waals surface area contributed by atoms with Crippen LogP contribution in [0.25, 0.3) is 6.08 Å². The molecule has 1 aliphatic rings. The summed E-state index contributed by atoms with van der Waals surface area (Å²) in [5.74, 6) is 1.52. The minimum atomic E-state index is -0.0466. The number of carbonyl (C=O) groups excluding carboxylic acids is 1. The molecule has 1 saturated heterocycles. The van der Waals surface area contributed by atoms with Crippen molar-refractivity contribution in [1.82, 2.24) is 10.6 Å². The smallest absolute Gasteiger partial charge is 0.182 e. The number of hydrogen-bond acceptors (Lipinski definition) is 4. The Morgan fingerprint density at radius 1 is 1.33 bits per heavy atom. The van der Waals surface area contributed by atoms with Gasteiger partial charge in [0.1, 0.15) is 11.6 Å². The summed E-state index contributed by atoms with van der Waals surface area (Å²) in [7, 11) is 1.62. The van der Waals surface area contributed by atoms with Gasteiger partial charge in [-0.05, 0) is 23.8 Å². The van der Waals surface area contributed by atoms with Gasteiger partial charge in [0.15, 0.2) is 5.78 Å². The van der Waals surface area contributed by atoms with E-state index in [1.54, 1.807) is 25.3 Å². The molecule has 1 aromatic rings. The molecule has 2 N–H and O–H groups in total. The van der Waals surface area contributed by atoms with E-state index in [4.69, 9.17) is 4.74 Å². The van der Waals surface area contributed by atoms with E-state index in [1.165, 1.54) is 0 Å². The molecule has 0 saturated carbocycles. The fourth-order valence-corrected chi connectivity index (χ4v) is 1.67. The molecule has 0 atom stereocenters. The quantitative estimate of drug-likeness (QED) is 0.784. The summed E-state index contributed by atoms with van der Waals surface area (Å²) in [6.45, 7) is 1.72. The molecule has 4 nitrogen and oxygen atoms in total. The Balaban J connectivity index is 2.01. The van der Waals surface area contributed by atoms with Crippen molar-refractivity contribution in [3.8, 4) is 5.75 Å². The van der Waals surface area contributed by atoms with E-state index < -0.39 is 0 Å². The number of ether oxygens (including phenoxy) is 1. The first-order chi connectivity index (χ1) is 8.78. The highest BCUT2D eigenvalue weighted by Crippen LogP contribution is 2.13. The number of nitrogens with one attached hydrogen (secondary N) is 2. The van der Waals surface area contributed by atoms with Gasteiger partial charge in [-0.15, -0.1) is 0 Å². The largest absolute Gasteiger partial charge is 0.497 e. The lowest BCUT2D eigenvalue weighted by Crippen LogP contribution is -2.11. The molecule has 2 rings (SSSR count). The van der Waals surface area contributed by atoms with Crippen molar-refractivity contribution in [3.63, 3.8) is 0 Å². The Labute approximate surface area is 106 Å². The number of hydrogen-bond donors (Lipinski definition) is 2. The van der Waals surface area contributed by atoms with E-state index in [0.717, 1.165) is 30.2 Å². The molecule has 1 aliphatic heterocycles. The van der Waals surface area contributed by atoms with Crippen LogP contribution in [-0.4, -0.2) is 26.0 Å². The average molecular weight is 244 g/mol. The van der Waals surface area contributed by atoms with Crippen LogP contribution < -0.4 is 15.4 Å². The molecular formula is C14H16N2O2. The fourth-order valence-electron chi connectivity index (χ4n) is 1.67. The van der Waals surface area contributed by atoms with Crippen LogP contribution in [0.4, 0.5) is 0 Å². The molecule has 0 amide bonds. The highest BCUT2D eigenvalue weighted by atomic mass is 16.5. The molecule has 0 unspecified atom stereocenters. The van der Waals surface area contributed by atoms with Crippen molar-refractivity contribution < 1.29 is 9.53 Å². The third-order valence-electron chi connectivity index (χ3n) is 2.58. The molecule has 94 valence electrons. The minimum absolute atomic E-state index is 0.0466. The van der Waals surface area contributed by atoms with Gasteiger partial charge in [0.25, 0.3) is 0 Å². The van der Waals surface area contributed by atoms with Gasteiger partial charge in [0.2, 0.25) is 0 Å². The second kappa shape index (κ2) is 5.91. The number of carbonyl (C=O) groups is 1. The standard InChI is InChI=1S/C14H16N2O2/c1-18-13-4-2-3-11(9-13)5-6-12(17)10-14-15-7-8-16-14/h2-6,9-10,15-16H,7-8H2,1H3/b6-5+. The molecule has 4 heteroatoms. The van der Waals surface area contributed by atoms with Crippen LogP contribution in [0, 0.1) is 0 Å². The Morgan fingerprint density at radius 2 is 2.11 bits per heavy atom. The Kier molecular flexibility index (Phi) is 4.02. The van der Waals surface area contributed by atoms with Crippen LogP contribution in [0.3, 0.4) is 0 Å². The Morgan fingerprint density at radius 3 is 2.83 bits per heavy atom. The molecule has 1 fully saturated rings. The van der Waals surface area contributed by atoms with Crippen LogP contribution in [0.5, 0.6) is 5.75 Å². The summed E-state index contributed by atoms with van der Waals surface area (Å²) in [4.78, 5) is 11.7. The lowest BCUT2D eigenvalue weighted by atomic mass is 10.2. The number of rotatable bonds is 4. The van der Waals surface area contributed by atoms with Crippen molar-refractivity contribution >= 4 is 11.9 Å². The van der Waals surface area contributed by atoms with E-state index in [2.05, 4.69) is 10.6 Å². The normalized spacial score (nSPS) is 14.2. The first kappa shape index (κ1) is 12.2. The Bertz CT molecular complexity index is 484. The van der Waals surface area contributed by atoms with Crippen molar-refractivity contribution in [3.05, 3.63) is 47.8 Å². The molecule has 0 aliphatic carbocycles. The van der Waals surface area contributed by atoms with Crippen molar-refractivity contribution in [2.75, 3.05) is 20.2 Å². The zero-order valence-electron chi connectivity index (χ0n) is 10.3. The predicted octanol–water partition coefficient (Wildman–Crippen LogP) is 1.31. The topological polar surface area (TPSA) is 50.4 Å². The molecule has 1 aromatic carbocycles. The third kappa shape index (κ3) is 3.38. The summed E-state index contributed by atoms with van der Waals surface area (Å²) < 4.78 is 5.12. The van der Waals surface area contributed by atoms with E-state index in [1.807, 2.05) is 24.3 Å². The molecule has 0 bridgehead atoms. The SMILES string of the molecule is COc1cccc(/C=C/C(=O)C=C2NCCN2)c1. The average Bonchev–Trinajstić information content (AvgIpc) is 2.89. The van der Waals surface area contributed by atoms with Gasteiger partial charge in [-0.2, -0.15) is 0 Å². The number of ketones is 1. The molecule has 0 aromatic heterocycles. The van der Waals surface area contributed by atoms with Gasteiger partial charge in [-0.25, -0.2) is 0 Å². The van der Waals surface area contributed by atoms with Crippen LogP contribution in [-0.2, 0) is 4.79 Å². The molecular weight excluding hydrogens is 228 g/mol. The Hall–Kier alpha value is -2.23. The zero-order valence-corrected chi connectivity index (χ0v) is 10.3. The first-order valence-electron chi connectivity index (χ1n) is 5.83. The van der Waals surface area contributed by atoms with Crippen molar-refractivity contribution in [1.29, 1.82) is 0 Å². The second-order valence-corrected chi connectivity index (χ2v) is 3.92. The monoisotopic (exact) mass is 244 g/mol. The maximum absolute atomic E-state index is 11.7. The summed E-state index contributed by atoms with van der Waals surface area (Å²) in [5.41, 5.74) is 0.938. The zero-order chi connectivity index (χ0) is 12.8. The molecule has 0 spiro atoms. The van der Waals surface area contributed by atoms with Gasteiger partial charge in [-0.1, -0.05) is 18.2 Å². The van der Waals surface area contributed by atoms with Crippen LogP contribution >= 0.6 is 0 Å². The van der Waals surface area contributed by atoms with E-state index in [-0.39, 0.29) is 5.78 Å². The van der Waals surface area contributed by atoms with E-state index in [9.17, 15) is 4.79 Å². The summed E-state index contributed by atoms with van der Waals surface area (Å²) >= 11 is 0. The number of allylic oxidation sites excluding steroid dienone is 2. The number of benzene rings is 1. The van der Waals surface area contributed by atoms with Crippen LogP contribution in [0.1, 0.15) is 5.56 Å². The van der Waals surface area contributed by atoms with Crippen LogP contribution in [0.15, 0.2) is 42.2 Å². The first-order valence-corrected chi connectivity index (χ1v) is 5.83. The summed E-state index contributed by atoms with van der Waals surface area (Å²) in [5, 5.41) is 6.16. The highest BCUT2D eigenvalue weighted by Gasteiger charge is 2.04. The summed E-state index contributed by atoms with van der Waals surface area (Å²) in [6, 6.07) is 7.56. The lowest BCUT2D eigenvalue weighted by molar-refractivity contribution is -0.110. The predicted molar refractivity (Wildman–Crippen MR) is 71.1 cm³/mol. The van der Waals surface area contributed by atoms with Gasteiger partial charge in [0, 0.05) is 19.2 Å². The fraction of sp³-hybridized carbons (Fsp3) is 0.214. The lowest BCUT2D eigenvalue weighted by Gasteiger charge is -1.99. The van der Waals surface area contributed by atoms with Gasteiger partial charge in [-0.3, -0.25) is 4.79 Å². The number of methoxy groups -OCH3 is 1. The highest BCUT2D eigenvalue weighted by molar-refractivity contribution is 6.02. The molecule has 18 heavy (non-hydrogen) atoms. The maximum Gasteiger partial charge on any atom is 0.182 e.